The second-order valence-electron chi connectivity index (χ2n) is 11.6. The van der Waals surface area contributed by atoms with Crippen molar-refractivity contribution >= 4 is 43.5 Å². The minimum absolute atomic E-state index is 0.906. The van der Waals surface area contributed by atoms with Crippen LogP contribution < -0.4 is 0 Å². The number of hydrogen-bond acceptors (Lipinski definition) is 1. The molecule has 0 amide bonds. The molecule has 9 aromatic rings. The van der Waals surface area contributed by atoms with Crippen molar-refractivity contribution < 1.29 is 4.42 Å². The van der Waals surface area contributed by atoms with Gasteiger partial charge in [0.15, 0.2) is 0 Å². The molecule has 0 aliphatic heterocycles. The van der Waals surface area contributed by atoms with Gasteiger partial charge in [0.1, 0.15) is 11.2 Å². The molecule has 0 atom stereocenters. The molecule has 0 fully saturated rings. The summed E-state index contributed by atoms with van der Waals surface area (Å²) >= 11 is 0. The van der Waals surface area contributed by atoms with Gasteiger partial charge in [0.2, 0.25) is 0 Å². The van der Waals surface area contributed by atoms with Crippen LogP contribution in [0.1, 0.15) is 0 Å². The summed E-state index contributed by atoms with van der Waals surface area (Å²) in [6.07, 6.45) is 0. The summed E-state index contributed by atoms with van der Waals surface area (Å²) < 4.78 is 6.22. The van der Waals surface area contributed by atoms with Gasteiger partial charge in [-0.25, -0.2) is 0 Å². The number of para-hydroxylation sites is 1. The fourth-order valence-corrected chi connectivity index (χ4v) is 7.13. The molecular formula is C44H28O. The summed E-state index contributed by atoms with van der Waals surface area (Å²) in [6, 6.07) is 61.1. The van der Waals surface area contributed by atoms with Gasteiger partial charge in [-0.3, -0.25) is 0 Å². The Bertz CT molecular complexity index is 2460. The van der Waals surface area contributed by atoms with E-state index in [4.69, 9.17) is 4.42 Å². The van der Waals surface area contributed by atoms with Crippen molar-refractivity contribution in [3.63, 3.8) is 0 Å². The van der Waals surface area contributed by atoms with Gasteiger partial charge in [-0.05, 0) is 84.3 Å². The second kappa shape index (κ2) is 10.4. The number of fused-ring (bicyclic) bond motifs is 5. The Balaban J connectivity index is 1.44. The van der Waals surface area contributed by atoms with E-state index in [1.165, 1.54) is 66.1 Å². The smallest absolute Gasteiger partial charge is 0.135 e. The topological polar surface area (TPSA) is 13.1 Å². The molecule has 0 unspecified atom stereocenters. The largest absolute Gasteiger partial charge is 0.456 e. The molecule has 0 aliphatic rings. The van der Waals surface area contributed by atoms with E-state index in [0.717, 1.165) is 21.9 Å². The number of furan rings is 1. The molecule has 1 aromatic heterocycles. The lowest BCUT2D eigenvalue weighted by atomic mass is 9.81. The van der Waals surface area contributed by atoms with Gasteiger partial charge in [-0.1, -0.05) is 152 Å². The van der Waals surface area contributed by atoms with Crippen LogP contribution in [0.3, 0.4) is 0 Å². The quantitative estimate of drug-likeness (QED) is 0.191. The first kappa shape index (κ1) is 25.6. The zero-order valence-electron chi connectivity index (χ0n) is 24.6. The molecule has 1 heteroatoms. The van der Waals surface area contributed by atoms with Crippen molar-refractivity contribution in [2.75, 3.05) is 0 Å². The Labute approximate surface area is 261 Å². The van der Waals surface area contributed by atoms with Crippen LogP contribution in [0.5, 0.6) is 0 Å². The number of hydrogen-bond donors (Lipinski definition) is 0. The third-order valence-electron chi connectivity index (χ3n) is 9.08. The van der Waals surface area contributed by atoms with Gasteiger partial charge >= 0.3 is 0 Å². The van der Waals surface area contributed by atoms with Crippen LogP contribution in [-0.4, -0.2) is 0 Å². The van der Waals surface area contributed by atoms with E-state index in [2.05, 4.69) is 158 Å². The van der Waals surface area contributed by atoms with Crippen molar-refractivity contribution in [2.45, 2.75) is 0 Å². The fraction of sp³-hybridized carbons (Fsp3) is 0. The van der Waals surface area contributed by atoms with Gasteiger partial charge < -0.3 is 4.42 Å². The highest BCUT2D eigenvalue weighted by molar-refractivity contribution is 6.24. The Morgan fingerprint density at radius 2 is 0.756 bits per heavy atom. The van der Waals surface area contributed by atoms with Crippen molar-refractivity contribution in [2.24, 2.45) is 0 Å². The Kier molecular flexibility index (Phi) is 5.89. The van der Waals surface area contributed by atoms with Crippen LogP contribution in [0.15, 0.2) is 174 Å². The van der Waals surface area contributed by atoms with Gasteiger partial charge in [0, 0.05) is 10.8 Å². The maximum atomic E-state index is 6.22. The monoisotopic (exact) mass is 572 g/mol. The van der Waals surface area contributed by atoms with Crippen molar-refractivity contribution in [3.8, 4) is 44.5 Å². The van der Waals surface area contributed by atoms with Crippen LogP contribution in [0.25, 0.3) is 88.0 Å². The molecule has 1 nitrogen and oxygen atoms in total. The normalized spacial score (nSPS) is 11.6. The molecule has 0 N–H and O–H groups in total. The first-order valence-corrected chi connectivity index (χ1v) is 15.4. The zero-order valence-corrected chi connectivity index (χ0v) is 24.6. The number of rotatable bonds is 4. The van der Waals surface area contributed by atoms with Gasteiger partial charge in [0.05, 0.1) is 0 Å². The average molecular weight is 573 g/mol. The maximum absolute atomic E-state index is 6.22. The minimum atomic E-state index is 0.906. The predicted octanol–water partition coefficient (Wildman–Crippen LogP) is 12.6. The summed E-state index contributed by atoms with van der Waals surface area (Å²) in [7, 11) is 0. The summed E-state index contributed by atoms with van der Waals surface area (Å²) in [5.74, 6) is 0. The van der Waals surface area contributed by atoms with E-state index < -0.39 is 0 Å². The summed E-state index contributed by atoms with van der Waals surface area (Å²) in [4.78, 5) is 0. The Hall–Kier alpha value is -5.92. The lowest BCUT2D eigenvalue weighted by Crippen LogP contribution is -1.95. The molecule has 1 heterocycles. The predicted molar refractivity (Wildman–Crippen MR) is 190 cm³/mol. The molecule has 210 valence electrons. The van der Waals surface area contributed by atoms with E-state index in [9.17, 15) is 0 Å². The lowest BCUT2D eigenvalue weighted by Gasteiger charge is -2.22. The standard InChI is InChI=1S/C44H28O/c1-3-14-29(15-4-1)32-23-13-24-33(31-26-27-41-39(28-31)34-18-11-12-25-40(34)45-41)43(32)44-37-21-9-7-19-35(37)42(30-16-5-2-6-17-30)36-20-8-10-22-38(36)44/h1-28H. The first-order valence-electron chi connectivity index (χ1n) is 15.4. The van der Waals surface area contributed by atoms with E-state index >= 15 is 0 Å². The van der Waals surface area contributed by atoms with Crippen molar-refractivity contribution in [3.05, 3.63) is 170 Å². The summed E-state index contributed by atoms with van der Waals surface area (Å²) in [5.41, 5.74) is 11.6. The highest BCUT2D eigenvalue weighted by atomic mass is 16.3. The molecule has 8 aromatic carbocycles. The average Bonchev–Trinajstić information content (AvgIpc) is 3.49. The Morgan fingerprint density at radius 1 is 0.267 bits per heavy atom. The third-order valence-corrected chi connectivity index (χ3v) is 9.08. The molecule has 0 spiro atoms. The van der Waals surface area contributed by atoms with Gasteiger partial charge in [-0.15, -0.1) is 0 Å². The zero-order chi connectivity index (χ0) is 29.7. The van der Waals surface area contributed by atoms with E-state index in [1.807, 2.05) is 12.1 Å². The lowest BCUT2D eigenvalue weighted by molar-refractivity contribution is 0.669. The molecule has 0 radical (unpaired) electrons. The van der Waals surface area contributed by atoms with Crippen LogP contribution in [0.4, 0.5) is 0 Å². The highest BCUT2D eigenvalue weighted by Crippen LogP contribution is 2.49. The summed E-state index contributed by atoms with van der Waals surface area (Å²) in [6.45, 7) is 0. The minimum Gasteiger partial charge on any atom is -0.456 e. The maximum Gasteiger partial charge on any atom is 0.135 e. The molecular weight excluding hydrogens is 544 g/mol. The Morgan fingerprint density at radius 3 is 1.40 bits per heavy atom. The highest BCUT2D eigenvalue weighted by Gasteiger charge is 2.22. The third kappa shape index (κ3) is 4.09. The van der Waals surface area contributed by atoms with Crippen LogP contribution >= 0.6 is 0 Å². The van der Waals surface area contributed by atoms with Gasteiger partial charge in [-0.2, -0.15) is 0 Å². The molecule has 0 saturated carbocycles. The van der Waals surface area contributed by atoms with E-state index in [1.54, 1.807) is 0 Å². The number of benzene rings is 8. The van der Waals surface area contributed by atoms with Crippen molar-refractivity contribution in [1.29, 1.82) is 0 Å². The molecule has 0 saturated heterocycles. The van der Waals surface area contributed by atoms with E-state index in [-0.39, 0.29) is 0 Å². The van der Waals surface area contributed by atoms with Crippen molar-refractivity contribution in [1.82, 2.24) is 0 Å². The van der Waals surface area contributed by atoms with Gasteiger partial charge in [0.25, 0.3) is 0 Å². The first-order chi connectivity index (χ1) is 22.3. The molecule has 45 heavy (non-hydrogen) atoms. The fourth-order valence-electron chi connectivity index (χ4n) is 7.13. The van der Waals surface area contributed by atoms with Crippen LogP contribution in [0.2, 0.25) is 0 Å². The summed E-state index contributed by atoms with van der Waals surface area (Å²) in [5, 5.41) is 7.26. The molecule has 9 rings (SSSR count). The second-order valence-corrected chi connectivity index (χ2v) is 11.6. The van der Waals surface area contributed by atoms with Crippen LogP contribution in [0, 0.1) is 0 Å². The molecule has 0 bridgehead atoms. The SMILES string of the molecule is c1ccc(-c2cccc(-c3ccc4oc5ccccc5c4c3)c2-c2c3ccccc3c(-c3ccccc3)c3ccccc23)cc1. The van der Waals surface area contributed by atoms with E-state index in [0.29, 0.717) is 0 Å². The van der Waals surface area contributed by atoms with Crippen LogP contribution in [-0.2, 0) is 0 Å². The molecule has 0 aliphatic carbocycles.